The monoisotopic (exact) mass is 424 g/mol. The lowest BCUT2D eigenvalue weighted by Crippen LogP contribution is -2.50. The number of nitrogen functional groups attached to an aromatic ring is 1. The molecule has 9 nitrogen and oxygen atoms in total. The average molecular weight is 424 g/mol. The van der Waals surface area contributed by atoms with Crippen molar-refractivity contribution < 1.29 is 9.18 Å². The Morgan fingerprint density at radius 2 is 1.71 bits per heavy atom. The van der Waals surface area contributed by atoms with Crippen molar-refractivity contribution in [3.05, 3.63) is 30.1 Å². The van der Waals surface area contributed by atoms with E-state index in [1.807, 2.05) is 4.90 Å². The van der Waals surface area contributed by atoms with Gasteiger partial charge in [0, 0.05) is 44.8 Å². The van der Waals surface area contributed by atoms with Crippen LogP contribution in [0, 0.1) is 5.82 Å². The maximum absolute atomic E-state index is 13.3. The van der Waals surface area contributed by atoms with Gasteiger partial charge in [0.2, 0.25) is 11.9 Å². The van der Waals surface area contributed by atoms with E-state index < -0.39 is 0 Å². The third-order valence-corrected chi connectivity index (χ3v) is 5.96. The second-order valence-corrected chi connectivity index (χ2v) is 8.05. The summed E-state index contributed by atoms with van der Waals surface area (Å²) >= 11 is 0. The third kappa shape index (κ3) is 4.02. The highest BCUT2D eigenvalue weighted by atomic mass is 19.1. The number of benzene rings is 1. The van der Waals surface area contributed by atoms with Crippen molar-refractivity contribution in [1.29, 1.82) is 0 Å². The number of carbonyl (C=O) groups excluding carboxylic acids is 1. The number of imidazole rings is 1. The summed E-state index contributed by atoms with van der Waals surface area (Å²) in [6, 6.07) is 6.12. The van der Waals surface area contributed by atoms with E-state index in [-0.39, 0.29) is 17.7 Å². The van der Waals surface area contributed by atoms with Crippen LogP contribution < -0.4 is 10.6 Å². The van der Waals surface area contributed by atoms with E-state index in [2.05, 4.69) is 29.7 Å². The van der Waals surface area contributed by atoms with Crippen molar-refractivity contribution in [2.75, 3.05) is 56.4 Å². The Bertz CT molecular complexity index is 1080. The summed E-state index contributed by atoms with van der Waals surface area (Å²) in [7, 11) is 0. The Morgan fingerprint density at radius 3 is 2.42 bits per heavy atom. The van der Waals surface area contributed by atoms with Crippen molar-refractivity contribution in [1.82, 2.24) is 29.7 Å². The molecule has 2 saturated heterocycles. The van der Waals surface area contributed by atoms with Crippen LogP contribution in [0.2, 0.25) is 0 Å². The van der Waals surface area contributed by atoms with Crippen LogP contribution in [-0.4, -0.2) is 81.5 Å². The minimum Gasteiger partial charge on any atom is -0.368 e. The fourth-order valence-electron chi connectivity index (χ4n) is 4.25. The first-order valence-electron chi connectivity index (χ1n) is 10.6. The summed E-state index contributed by atoms with van der Waals surface area (Å²) in [6.45, 7) is 5.22. The number of likely N-dealkylation sites (tertiary alicyclic amines) is 1. The van der Waals surface area contributed by atoms with Gasteiger partial charge in [0.1, 0.15) is 17.2 Å². The van der Waals surface area contributed by atoms with Gasteiger partial charge in [0.05, 0.1) is 6.54 Å². The molecule has 0 bridgehead atoms. The molecule has 0 saturated carbocycles. The number of rotatable bonds is 4. The SMILES string of the molecule is Nc1nc(N2CCN(CC(=O)N3CCCC3)CC2)c2[nH]c(-c3ccc(F)cc3)nc2n1. The van der Waals surface area contributed by atoms with E-state index in [4.69, 9.17) is 5.73 Å². The van der Waals surface area contributed by atoms with Crippen LogP contribution in [0.5, 0.6) is 0 Å². The molecule has 2 aliphatic rings. The quantitative estimate of drug-likeness (QED) is 0.653. The molecule has 2 aliphatic heterocycles. The molecule has 4 heterocycles. The van der Waals surface area contributed by atoms with E-state index in [1.165, 1.54) is 12.1 Å². The smallest absolute Gasteiger partial charge is 0.236 e. The molecule has 0 radical (unpaired) electrons. The molecular formula is C21H25FN8O. The number of aromatic nitrogens is 4. The Hall–Kier alpha value is -3.27. The fourth-order valence-corrected chi connectivity index (χ4v) is 4.25. The molecule has 0 spiro atoms. The number of anilines is 2. The lowest BCUT2D eigenvalue weighted by Gasteiger charge is -2.35. The van der Waals surface area contributed by atoms with Crippen LogP contribution in [0.4, 0.5) is 16.2 Å². The minimum absolute atomic E-state index is 0.159. The number of hydrogen-bond acceptors (Lipinski definition) is 7. The third-order valence-electron chi connectivity index (χ3n) is 5.96. The summed E-state index contributed by atoms with van der Waals surface area (Å²) in [5, 5.41) is 0. The Kier molecular flexibility index (Phi) is 5.14. The van der Waals surface area contributed by atoms with Crippen LogP contribution in [0.15, 0.2) is 24.3 Å². The van der Waals surface area contributed by atoms with Gasteiger partial charge in [0.25, 0.3) is 0 Å². The van der Waals surface area contributed by atoms with Crippen LogP contribution >= 0.6 is 0 Å². The highest BCUT2D eigenvalue weighted by molar-refractivity contribution is 5.87. The molecule has 2 fully saturated rings. The molecule has 3 aromatic rings. The first-order chi connectivity index (χ1) is 15.1. The zero-order valence-corrected chi connectivity index (χ0v) is 17.2. The van der Waals surface area contributed by atoms with E-state index in [0.29, 0.717) is 29.4 Å². The summed E-state index contributed by atoms with van der Waals surface area (Å²) in [5.41, 5.74) is 7.89. The van der Waals surface area contributed by atoms with Crippen LogP contribution in [0.25, 0.3) is 22.6 Å². The van der Waals surface area contributed by atoms with Crippen LogP contribution in [-0.2, 0) is 4.79 Å². The molecule has 2 aromatic heterocycles. The predicted octanol–water partition coefficient (Wildman–Crippen LogP) is 1.49. The molecule has 31 heavy (non-hydrogen) atoms. The number of nitrogens with one attached hydrogen (secondary N) is 1. The van der Waals surface area contributed by atoms with Gasteiger partial charge in [-0.1, -0.05) is 0 Å². The standard InChI is InChI=1S/C21H25FN8O/c22-15-5-3-14(4-6-15)18-24-17-19(25-18)26-21(23)27-20(17)30-11-9-28(10-12-30)13-16(31)29-7-1-2-8-29/h3-6H,1-2,7-13H2,(H3,23,24,25,26,27). The van der Waals surface area contributed by atoms with Gasteiger partial charge in [-0.3, -0.25) is 9.69 Å². The number of hydrogen-bond donors (Lipinski definition) is 2. The molecule has 1 amide bonds. The van der Waals surface area contributed by atoms with Crippen LogP contribution in [0.3, 0.4) is 0 Å². The zero-order chi connectivity index (χ0) is 21.4. The number of carbonyl (C=O) groups is 1. The Morgan fingerprint density at radius 1 is 1.00 bits per heavy atom. The highest BCUT2D eigenvalue weighted by Crippen LogP contribution is 2.27. The van der Waals surface area contributed by atoms with Gasteiger partial charge in [-0.05, 0) is 37.1 Å². The van der Waals surface area contributed by atoms with Crippen molar-refractivity contribution >= 4 is 28.8 Å². The first-order valence-corrected chi connectivity index (χ1v) is 10.6. The summed E-state index contributed by atoms with van der Waals surface area (Å²) in [5.74, 6) is 1.37. The van der Waals surface area contributed by atoms with E-state index >= 15 is 0 Å². The predicted molar refractivity (Wildman–Crippen MR) is 116 cm³/mol. The lowest BCUT2D eigenvalue weighted by atomic mass is 10.2. The number of aromatic amines is 1. The summed E-state index contributed by atoms with van der Waals surface area (Å²) in [4.78, 5) is 35.3. The van der Waals surface area contributed by atoms with Crippen molar-refractivity contribution in [3.8, 4) is 11.4 Å². The molecule has 0 atom stereocenters. The Labute approximate surface area is 179 Å². The van der Waals surface area contributed by atoms with Gasteiger partial charge < -0.3 is 20.5 Å². The van der Waals surface area contributed by atoms with Gasteiger partial charge in [0.15, 0.2) is 11.5 Å². The van der Waals surface area contributed by atoms with Gasteiger partial charge in [-0.2, -0.15) is 9.97 Å². The van der Waals surface area contributed by atoms with Gasteiger partial charge >= 0.3 is 0 Å². The number of nitrogens with zero attached hydrogens (tertiary/aromatic N) is 6. The van der Waals surface area contributed by atoms with Crippen molar-refractivity contribution in [2.45, 2.75) is 12.8 Å². The van der Waals surface area contributed by atoms with E-state index in [9.17, 15) is 9.18 Å². The molecular weight excluding hydrogens is 399 g/mol. The topological polar surface area (TPSA) is 107 Å². The second-order valence-electron chi connectivity index (χ2n) is 8.05. The molecule has 10 heteroatoms. The minimum atomic E-state index is -0.300. The maximum Gasteiger partial charge on any atom is 0.236 e. The summed E-state index contributed by atoms with van der Waals surface area (Å²) in [6.07, 6.45) is 2.21. The maximum atomic E-state index is 13.3. The highest BCUT2D eigenvalue weighted by Gasteiger charge is 2.26. The van der Waals surface area contributed by atoms with E-state index in [1.54, 1.807) is 12.1 Å². The number of H-pyrrole nitrogens is 1. The van der Waals surface area contributed by atoms with Gasteiger partial charge in [-0.25, -0.2) is 9.37 Å². The number of halogens is 1. The largest absolute Gasteiger partial charge is 0.368 e. The molecule has 5 rings (SSSR count). The lowest BCUT2D eigenvalue weighted by molar-refractivity contribution is -0.131. The molecule has 1 aromatic carbocycles. The van der Waals surface area contributed by atoms with Crippen molar-refractivity contribution in [3.63, 3.8) is 0 Å². The first kappa shape index (κ1) is 19.7. The number of nitrogens with two attached hydrogens (primary N) is 1. The number of amides is 1. The average Bonchev–Trinajstić information content (AvgIpc) is 3.44. The Balaban J connectivity index is 1.33. The zero-order valence-electron chi connectivity index (χ0n) is 17.2. The summed E-state index contributed by atoms with van der Waals surface area (Å²) < 4.78 is 13.3. The second kappa shape index (κ2) is 8.10. The molecule has 0 unspecified atom stereocenters. The van der Waals surface area contributed by atoms with Gasteiger partial charge in [-0.15, -0.1) is 0 Å². The normalized spacial score (nSPS) is 17.6. The molecule has 3 N–H and O–H groups in total. The molecule has 0 aliphatic carbocycles. The van der Waals surface area contributed by atoms with E-state index in [0.717, 1.165) is 57.7 Å². The fraction of sp³-hybridized carbons (Fsp3) is 0.429. The number of fused-ring (bicyclic) bond motifs is 1. The molecule has 162 valence electrons. The van der Waals surface area contributed by atoms with Crippen molar-refractivity contribution in [2.24, 2.45) is 0 Å². The number of piperazine rings is 1. The van der Waals surface area contributed by atoms with Crippen LogP contribution in [0.1, 0.15) is 12.8 Å².